The number of fused-ring (bicyclic) bond motifs is 1. The summed E-state index contributed by atoms with van der Waals surface area (Å²) in [5.74, 6) is -0.809. The molecule has 1 N–H and O–H groups in total. The van der Waals surface area contributed by atoms with Gasteiger partial charge in [0.1, 0.15) is 0 Å². The summed E-state index contributed by atoms with van der Waals surface area (Å²) in [7, 11) is 3.95. The summed E-state index contributed by atoms with van der Waals surface area (Å²) in [6.07, 6.45) is 2.10. The quantitative estimate of drug-likeness (QED) is 0.705. The highest BCUT2D eigenvalue weighted by Gasteiger charge is 2.33. The molecule has 22 heavy (non-hydrogen) atoms. The SMILES string of the molecule is CN(C)CC[C@@](O)(Oc1cccc2ccoc12)c1cccs1. The minimum Gasteiger partial charge on any atom is -0.460 e. The number of hydrogen-bond acceptors (Lipinski definition) is 5. The molecular formula is C17H19NO3S. The molecule has 0 fully saturated rings. The molecule has 0 spiro atoms. The maximum atomic E-state index is 11.1. The van der Waals surface area contributed by atoms with Crippen LogP contribution >= 0.6 is 11.3 Å². The first-order valence-electron chi connectivity index (χ1n) is 7.15. The molecule has 1 aromatic carbocycles. The number of para-hydroxylation sites is 1. The highest BCUT2D eigenvalue weighted by molar-refractivity contribution is 7.10. The standard InChI is InChI=1S/C17H19NO3S/c1-18(2)10-9-17(19,15-7-4-12-22-15)21-14-6-3-5-13-8-11-20-16(13)14/h3-8,11-12,19H,9-10H2,1-2H3/t17-/m1/s1. The van der Waals surface area contributed by atoms with Gasteiger partial charge in [-0.1, -0.05) is 18.2 Å². The van der Waals surface area contributed by atoms with Crippen molar-refractivity contribution in [1.29, 1.82) is 0 Å². The van der Waals surface area contributed by atoms with Crippen LogP contribution in [-0.4, -0.2) is 30.6 Å². The van der Waals surface area contributed by atoms with Crippen LogP contribution in [0.3, 0.4) is 0 Å². The fourth-order valence-corrected chi connectivity index (χ4v) is 3.12. The van der Waals surface area contributed by atoms with Crippen LogP contribution in [0.2, 0.25) is 0 Å². The van der Waals surface area contributed by atoms with E-state index in [0.717, 1.165) is 10.3 Å². The molecule has 0 aliphatic heterocycles. The molecule has 0 aliphatic carbocycles. The Morgan fingerprint density at radius 1 is 1.23 bits per heavy atom. The molecule has 0 amide bonds. The normalized spacial score (nSPS) is 14.4. The van der Waals surface area contributed by atoms with Gasteiger partial charge in [-0.05, 0) is 37.7 Å². The van der Waals surface area contributed by atoms with Gasteiger partial charge in [-0.25, -0.2) is 0 Å². The van der Waals surface area contributed by atoms with Crippen molar-refractivity contribution < 1.29 is 14.3 Å². The average molecular weight is 317 g/mol. The molecule has 0 saturated carbocycles. The van der Waals surface area contributed by atoms with Gasteiger partial charge in [0, 0.05) is 18.4 Å². The predicted octanol–water partition coefficient (Wildman–Crippen LogP) is 3.67. The summed E-state index contributed by atoms with van der Waals surface area (Å²) in [5, 5.41) is 14.0. The van der Waals surface area contributed by atoms with E-state index in [1.54, 1.807) is 6.26 Å². The molecule has 116 valence electrons. The third kappa shape index (κ3) is 3.02. The number of nitrogens with zero attached hydrogens (tertiary/aromatic N) is 1. The lowest BCUT2D eigenvalue weighted by Crippen LogP contribution is -2.35. The lowest BCUT2D eigenvalue weighted by atomic mass is 10.1. The van der Waals surface area contributed by atoms with Crippen molar-refractivity contribution >= 4 is 22.3 Å². The van der Waals surface area contributed by atoms with Crippen LogP contribution in [0.5, 0.6) is 5.75 Å². The highest BCUT2D eigenvalue weighted by Crippen LogP contribution is 2.36. The van der Waals surface area contributed by atoms with Crippen LogP contribution in [0, 0.1) is 0 Å². The number of benzene rings is 1. The van der Waals surface area contributed by atoms with Crippen LogP contribution in [0.4, 0.5) is 0 Å². The first kappa shape index (κ1) is 15.1. The Morgan fingerprint density at radius 2 is 2.09 bits per heavy atom. The van der Waals surface area contributed by atoms with Gasteiger partial charge in [-0.15, -0.1) is 11.3 Å². The first-order valence-corrected chi connectivity index (χ1v) is 8.03. The number of hydrogen-bond donors (Lipinski definition) is 1. The van der Waals surface area contributed by atoms with Gasteiger partial charge in [0.15, 0.2) is 11.3 Å². The molecule has 0 unspecified atom stereocenters. The molecule has 0 saturated heterocycles. The Hall–Kier alpha value is -1.82. The minimum absolute atomic E-state index is 0.470. The van der Waals surface area contributed by atoms with Crippen molar-refractivity contribution in [1.82, 2.24) is 4.90 Å². The lowest BCUT2D eigenvalue weighted by Gasteiger charge is -2.29. The predicted molar refractivity (Wildman–Crippen MR) is 88.2 cm³/mol. The molecule has 2 heterocycles. The minimum atomic E-state index is -1.36. The smallest absolute Gasteiger partial charge is 0.245 e. The Kier molecular flexibility index (Phi) is 4.20. The molecule has 2 aromatic heterocycles. The topological polar surface area (TPSA) is 45.8 Å². The monoisotopic (exact) mass is 317 g/mol. The summed E-state index contributed by atoms with van der Waals surface area (Å²) < 4.78 is 11.5. The molecule has 3 rings (SSSR count). The van der Waals surface area contributed by atoms with Crippen LogP contribution < -0.4 is 4.74 Å². The van der Waals surface area contributed by atoms with E-state index in [1.165, 1.54) is 11.3 Å². The second kappa shape index (κ2) is 6.12. The Morgan fingerprint density at radius 3 is 2.82 bits per heavy atom. The first-order chi connectivity index (χ1) is 10.6. The van der Waals surface area contributed by atoms with E-state index in [9.17, 15) is 5.11 Å². The van der Waals surface area contributed by atoms with Crippen molar-refractivity contribution in [2.24, 2.45) is 0 Å². The van der Waals surface area contributed by atoms with Crippen molar-refractivity contribution in [3.8, 4) is 5.75 Å². The molecule has 0 radical (unpaired) electrons. The maximum Gasteiger partial charge on any atom is 0.245 e. The van der Waals surface area contributed by atoms with Crippen LogP contribution in [0.1, 0.15) is 11.3 Å². The summed E-state index contributed by atoms with van der Waals surface area (Å²) in [6.45, 7) is 0.711. The van der Waals surface area contributed by atoms with Gasteiger partial charge < -0.3 is 19.2 Å². The molecular weight excluding hydrogens is 298 g/mol. The molecule has 4 nitrogen and oxygen atoms in total. The van der Waals surface area contributed by atoms with Gasteiger partial charge in [0.2, 0.25) is 5.79 Å². The zero-order valence-electron chi connectivity index (χ0n) is 12.7. The summed E-state index contributed by atoms with van der Waals surface area (Å²) in [5.41, 5.74) is 0.655. The number of furan rings is 1. The number of aliphatic hydroxyl groups is 1. The Balaban J connectivity index is 1.94. The van der Waals surface area contributed by atoms with Crippen molar-refractivity contribution in [2.75, 3.05) is 20.6 Å². The van der Waals surface area contributed by atoms with E-state index in [-0.39, 0.29) is 0 Å². The van der Waals surface area contributed by atoms with Gasteiger partial charge in [-0.2, -0.15) is 0 Å². The molecule has 5 heteroatoms. The van der Waals surface area contributed by atoms with Gasteiger partial charge >= 0.3 is 0 Å². The summed E-state index contributed by atoms with van der Waals surface area (Å²) >= 11 is 1.48. The van der Waals surface area contributed by atoms with Gasteiger partial charge in [-0.3, -0.25) is 0 Å². The zero-order valence-corrected chi connectivity index (χ0v) is 13.5. The van der Waals surface area contributed by atoms with E-state index in [1.807, 2.05) is 60.8 Å². The molecule has 1 atom stereocenters. The van der Waals surface area contributed by atoms with Crippen LogP contribution in [0.25, 0.3) is 11.0 Å². The summed E-state index contributed by atoms with van der Waals surface area (Å²) in [4.78, 5) is 2.81. The second-order valence-electron chi connectivity index (χ2n) is 5.51. The fraction of sp³-hybridized carbons (Fsp3) is 0.294. The Bertz CT molecular complexity index is 735. The Labute approximate surface area is 133 Å². The maximum absolute atomic E-state index is 11.1. The van der Waals surface area contributed by atoms with E-state index in [4.69, 9.17) is 9.15 Å². The van der Waals surface area contributed by atoms with Crippen molar-refractivity contribution in [3.63, 3.8) is 0 Å². The zero-order chi connectivity index (χ0) is 15.6. The van der Waals surface area contributed by atoms with E-state index < -0.39 is 5.79 Å². The third-order valence-electron chi connectivity index (χ3n) is 3.53. The van der Waals surface area contributed by atoms with Gasteiger partial charge in [0.25, 0.3) is 0 Å². The van der Waals surface area contributed by atoms with Crippen molar-refractivity contribution in [3.05, 3.63) is 52.9 Å². The number of thiophene rings is 1. The lowest BCUT2D eigenvalue weighted by molar-refractivity contribution is -0.150. The molecule has 3 aromatic rings. The van der Waals surface area contributed by atoms with E-state index >= 15 is 0 Å². The largest absolute Gasteiger partial charge is 0.460 e. The third-order valence-corrected chi connectivity index (χ3v) is 4.53. The fourth-order valence-electron chi connectivity index (χ4n) is 2.33. The van der Waals surface area contributed by atoms with E-state index in [2.05, 4.69) is 0 Å². The van der Waals surface area contributed by atoms with Crippen LogP contribution in [-0.2, 0) is 5.79 Å². The summed E-state index contributed by atoms with van der Waals surface area (Å²) in [6, 6.07) is 11.4. The second-order valence-corrected chi connectivity index (χ2v) is 6.46. The molecule has 0 aliphatic rings. The number of ether oxygens (including phenoxy) is 1. The number of rotatable bonds is 6. The van der Waals surface area contributed by atoms with Crippen LogP contribution in [0.15, 0.2) is 52.5 Å². The van der Waals surface area contributed by atoms with E-state index in [0.29, 0.717) is 24.3 Å². The average Bonchev–Trinajstić information content (AvgIpc) is 3.17. The van der Waals surface area contributed by atoms with Crippen molar-refractivity contribution in [2.45, 2.75) is 12.2 Å². The highest BCUT2D eigenvalue weighted by atomic mass is 32.1. The molecule has 0 bridgehead atoms. The van der Waals surface area contributed by atoms with Gasteiger partial charge in [0.05, 0.1) is 11.1 Å².